The molecule has 0 aliphatic rings. The Hall–Kier alpha value is -1.51. The first kappa shape index (κ1) is 12.6. The van der Waals surface area contributed by atoms with Gasteiger partial charge in [-0.3, -0.25) is 4.79 Å². The quantitative estimate of drug-likeness (QED) is 0.769. The number of nitrogen functional groups attached to an aromatic ring is 1. The standard InChI is InChI=1S/C13H20N2O/c1-8(2)5-13(16)15-12-7-11(14)9(3)6-10(12)4/h6-8H,5,14H2,1-4H3,(H,15,16). The first-order valence-corrected chi connectivity index (χ1v) is 5.56. The monoisotopic (exact) mass is 220 g/mol. The van der Waals surface area contributed by atoms with Gasteiger partial charge in [0.2, 0.25) is 5.91 Å². The summed E-state index contributed by atoms with van der Waals surface area (Å²) in [5, 5.41) is 2.89. The highest BCUT2D eigenvalue weighted by molar-refractivity contribution is 5.92. The molecular formula is C13H20N2O. The Labute approximate surface area is 97.0 Å². The van der Waals surface area contributed by atoms with Crippen LogP contribution in [0.1, 0.15) is 31.4 Å². The molecule has 0 bridgehead atoms. The average Bonchev–Trinajstić information content (AvgIpc) is 2.12. The van der Waals surface area contributed by atoms with Gasteiger partial charge in [0.05, 0.1) is 0 Å². The molecule has 0 spiro atoms. The lowest BCUT2D eigenvalue weighted by Crippen LogP contribution is -2.15. The van der Waals surface area contributed by atoms with Crippen molar-refractivity contribution in [3.05, 3.63) is 23.3 Å². The van der Waals surface area contributed by atoms with Crippen LogP contribution in [0.4, 0.5) is 11.4 Å². The van der Waals surface area contributed by atoms with Crippen molar-refractivity contribution in [1.29, 1.82) is 0 Å². The zero-order valence-electron chi connectivity index (χ0n) is 10.4. The average molecular weight is 220 g/mol. The van der Waals surface area contributed by atoms with Crippen LogP contribution >= 0.6 is 0 Å². The lowest BCUT2D eigenvalue weighted by atomic mass is 10.1. The van der Waals surface area contributed by atoms with Crippen LogP contribution in [0.5, 0.6) is 0 Å². The van der Waals surface area contributed by atoms with Gasteiger partial charge in [0.1, 0.15) is 0 Å². The maximum atomic E-state index is 11.6. The minimum Gasteiger partial charge on any atom is -0.398 e. The van der Waals surface area contributed by atoms with E-state index < -0.39 is 0 Å². The van der Waals surface area contributed by atoms with Crippen LogP contribution in [-0.4, -0.2) is 5.91 Å². The van der Waals surface area contributed by atoms with Crippen LogP contribution in [-0.2, 0) is 4.79 Å². The van der Waals surface area contributed by atoms with Gasteiger partial charge in [0, 0.05) is 17.8 Å². The summed E-state index contributed by atoms with van der Waals surface area (Å²) in [5.41, 5.74) is 9.43. The molecule has 0 atom stereocenters. The van der Waals surface area contributed by atoms with Crippen molar-refractivity contribution in [2.24, 2.45) is 5.92 Å². The lowest BCUT2D eigenvalue weighted by molar-refractivity contribution is -0.116. The Morgan fingerprint density at radius 3 is 2.50 bits per heavy atom. The SMILES string of the molecule is Cc1cc(C)c(NC(=O)CC(C)C)cc1N. The predicted molar refractivity (Wildman–Crippen MR) is 68.4 cm³/mol. The van der Waals surface area contributed by atoms with E-state index in [0.717, 1.165) is 16.8 Å². The number of aryl methyl sites for hydroxylation is 2. The van der Waals surface area contributed by atoms with Gasteiger partial charge in [-0.1, -0.05) is 19.9 Å². The van der Waals surface area contributed by atoms with Crippen molar-refractivity contribution >= 4 is 17.3 Å². The van der Waals surface area contributed by atoms with Gasteiger partial charge < -0.3 is 11.1 Å². The number of hydrogen-bond acceptors (Lipinski definition) is 2. The molecule has 0 aliphatic carbocycles. The van der Waals surface area contributed by atoms with Crippen molar-refractivity contribution in [3.8, 4) is 0 Å². The maximum Gasteiger partial charge on any atom is 0.224 e. The summed E-state index contributed by atoms with van der Waals surface area (Å²) in [5.74, 6) is 0.407. The third kappa shape index (κ3) is 3.26. The number of benzene rings is 1. The molecule has 0 aliphatic heterocycles. The van der Waals surface area contributed by atoms with E-state index in [1.807, 2.05) is 39.8 Å². The van der Waals surface area contributed by atoms with Crippen LogP contribution in [0.3, 0.4) is 0 Å². The van der Waals surface area contributed by atoms with E-state index in [1.165, 1.54) is 0 Å². The Kier molecular flexibility index (Phi) is 3.93. The number of carbonyl (C=O) groups is 1. The number of nitrogens with two attached hydrogens (primary N) is 1. The molecule has 88 valence electrons. The van der Waals surface area contributed by atoms with Gasteiger partial charge in [-0.05, 0) is 37.0 Å². The summed E-state index contributed by atoms with van der Waals surface area (Å²) in [6, 6.07) is 3.81. The molecule has 0 aromatic heterocycles. The molecule has 0 fully saturated rings. The molecule has 0 saturated heterocycles. The third-order valence-electron chi connectivity index (χ3n) is 2.48. The molecule has 0 unspecified atom stereocenters. The second-order valence-electron chi connectivity index (χ2n) is 4.67. The largest absolute Gasteiger partial charge is 0.398 e. The first-order chi connectivity index (χ1) is 7.40. The number of nitrogens with one attached hydrogen (secondary N) is 1. The Balaban J connectivity index is 2.81. The van der Waals surface area contributed by atoms with Gasteiger partial charge >= 0.3 is 0 Å². The molecule has 3 N–H and O–H groups in total. The van der Waals surface area contributed by atoms with Crippen LogP contribution < -0.4 is 11.1 Å². The van der Waals surface area contributed by atoms with E-state index >= 15 is 0 Å². The topological polar surface area (TPSA) is 55.1 Å². The van der Waals surface area contributed by atoms with E-state index in [1.54, 1.807) is 0 Å². The first-order valence-electron chi connectivity index (χ1n) is 5.56. The minimum atomic E-state index is 0.0429. The second-order valence-corrected chi connectivity index (χ2v) is 4.67. The molecule has 16 heavy (non-hydrogen) atoms. The molecule has 0 heterocycles. The van der Waals surface area contributed by atoms with E-state index in [0.29, 0.717) is 18.0 Å². The number of rotatable bonds is 3. The van der Waals surface area contributed by atoms with Crippen molar-refractivity contribution in [3.63, 3.8) is 0 Å². The molecule has 1 aromatic rings. The number of hydrogen-bond donors (Lipinski definition) is 2. The Bertz CT molecular complexity index is 397. The van der Waals surface area contributed by atoms with Crippen LogP contribution in [0.2, 0.25) is 0 Å². The van der Waals surface area contributed by atoms with Crippen molar-refractivity contribution in [2.45, 2.75) is 34.1 Å². The third-order valence-corrected chi connectivity index (χ3v) is 2.48. The Morgan fingerprint density at radius 1 is 1.31 bits per heavy atom. The minimum absolute atomic E-state index is 0.0429. The predicted octanol–water partition coefficient (Wildman–Crippen LogP) is 2.87. The smallest absolute Gasteiger partial charge is 0.224 e. The summed E-state index contributed by atoms with van der Waals surface area (Å²) in [7, 11) is 0. The number of carbonyl (C=O) groups excluding carboxylic acids is 1. The lowest BCUT2D eigenvalue weighted by Gasteiger charge is -2.12. The van der Waals surface area contributed by atoms with E-state index in [2.05, 4.69) is 5.32 Å². The summed E-state index contributed by atoms with van der Waals surface area (Å²) >= 11 is 0. The van der Waals surface area contributed by atoms with E-state index in [-0.39, 0.29) is 5.91 Å². The molecule has 0 saturated carbocycles. The van der Waals surface area contributed by atoms with Crippen LogP contribution in [0.25, 0.3) is 0 Å². The summed E-state index contributed by atoms with van der Waals surface area (Å²) in [6.07, 6.45) is 0.535. The fourth-order valence-corrected chi connectivity index (χ4v) is 1.58. The molecule has 0 radical (unpaired) electrons. The molecule has 1 rings (SSSR count). The van der Waals surface area contributed by atoms with Crippen LogP contribution in [0, 0.1) is 19.8 Å². The summed E-state index contributed by atoms with van der Waals surface area (Å²) in [6.45, 7) is 7.98. The van der Waals surface area contributed by atoms with Crippen molar-refractivity contribution < 1.29 is 4.79 Å². The number of amides is 1. The molecule has 1 amide bonds. The van der Waals surface area contributed by atoms with Gasteiger partial charge in [-0.2, -0.15) is 0 Å². The zero-order chi connectivity index (χ0) is 12.3. The highest BCUT2D eigenvalue weighted by Crippen LogP contribution is 2.22. The van der Waals surface area contributed by atoms with Gasteiger partial charge in [-0.25, -0.2) is 0 Å². The van der Waals surface area contributed by atoms with Crippen molar-refractivity contribution in [1.82, 2.24) is 0 Å². The second kappa shape index (κ2) is 5.01. The highest BCUT2D eigenvalue weighted by atomic mass is 16.1. The van der Waals surface area contributed by atoms with E-state index in [9.17, 15) is 4.79 Å². The fraction of sp³-hybridized carbons (Fsp3) is 0.462. The summed E-state index contributed by atoms with van der Waals surface area (Å²) < 4.78 is 0. The van der Waals surface area contributed by atoms with Crippen molar-refractivity contribution in [2.75, 3.05) is 11.1 Å². The van der Waals surface area contributed by atoms with Gasteiger partial charge in [0.25, 0.3) is 0 Å². The highest BCUT2D eigenvalue weighted by Gasteiger charge is 2.08. The molecule has 3 nitrogen and oxygen atoms in total. The summed E-state index contributed by atoms with van der Waals surface area (Å²) in [4.78, 5) is 11.6. The van der Waals surface area contributed by atoms with Gasteiger partial charge in [0.15, 0.2) is 0 Å². The molecular weight excluding hydrogens is 200 g/mol. The van der Waals surface area contributed by atoms with Crippen LogP contribution in [0.15, 0.2) is 12.1 Å². The van der Waals surface area contributed by atoms with Gasteiger partial charge in [-0.15, -0.1) is 0 Å². The molecule has 3 heteroatoms. The Morgan fingerprint density at radius 2 is 1.94 bits per heavy atom. The normalized spacial score (nSPS) is 10.6. The maximum absolute atomic E-state index is 11.6. The van der Waals surface area contributed by atoms with E-state index in [4.69, 9.17) is 5.73 Å². The molecule has 1 aromatic carbocycles. The fourth-order valence-electron chi connectivity index (χ4n) is 1.58. The number of anilines is 2. The zero-order valence-corrected chi connectivity index (χ0v) is 10.4.